The molecule has 7 rings (SSSR count). The van der Waals surface area contributed by atoms with E-state index in [2.05, 4.69) is 50.0 Å². The second kappa shape index (κ2) is 9.88. The molecule has 4 heterocycles. The largest absolute Gasteiger partial charge is 0.439 e. The van der Waals surface area contributed by atoms with Gasteiger partial charge in [0.05, 0.1) is 5.41 Å². The van der Waals surface area contributed by atoms with Gasteiger partial charge in [0.2, 0.25) is 11.6 Å². The molecule has 1 atom stereocenters. The molecule has 206 valence electrons. The topological polar surface area (TPSA) is 127 Å². The smallest absolute Gasteiger partial charge is 0.365 e. The maximum Gasteiger partial charge on any atom is 0.439 e. The first-order valence-corrected chi connectivity index (χ1v) is 14.5. The van der Waals surface area contributed by atoms with Gasteiger partial charge in [0.25, 0.3) is 0 Å². The van der Waals surface area contributed by atoms with E-state index in [0.29, 0.717) is 29.2 Å². The van der Waals surface area contributed by atoms with Crippen LogP contribution in [0.3, 0.4) is 0 Å². The lowest BCUT2D eigenvalue weighted by Gasteiger charge is -2.32. The Morgan fingerprint density at radius 3 is 2.55 bits per heavy atom. The molecule has 40 heavy (non-hydrogen) atoms. The van der Waals surface area contributed by atoms with E-state index in [1.807, 2.05) is 12.4 Å². The van der Waals surface area contributed by atoms with Gasteiger partial charge < -0.3 is 9.88 Å². The van der Waals surface area contributed by atoms with Gasteiger partial charge in [-0.2, -0.15) is 0 Å². The van der Waals surface area contributed by atoms with Crippen molar-refractivity contribution in [2.45, 2.75) is 82.7 Å². The van der Waals surface area contributed by atoms with Crippen molar-refractivity contribution in [3.8, 4) is 24.0 Å². The number of nitrogens with zero attached hydrogens (tertiary/aromatic N) is 6. The van der Waals surface area contributed by atoms with E-state index in [1.54, 1.807) is 0 Å². The fourth-order valence-electron chi connectivity index (χ4n) is 6.59. The average Bonchev–Trinajstić information content (AvgIpc) is 3.50. The van der Waals surface area contributed by atoms with Gasteiger partial charge in [-0.3, -0.25) is 14.5 Å². The molecule has 3 aliphatic carbocycles. The number of hydrogen-bond donors (Lipinski definition) is 2. The van der Waals surface area contributed by atoms with Crippen LogP contribution in [0.25, 0.3) is 22.8 Å². The van der Waals surface area contributed by atoms with Crippen molar-refractivity contribution in [2.75, 3.05) is 5.32 Å². The van der Waals surface area contributed by atoms with Crippen LogP contribution in [0.4, 0.5) is 5.82 Å². The quantitative estimate of drug-likeness (QED) is 0.310. The van der Waals surface area contributed by atoms with E-state index in [9.17, 15) is 4.79 Å². The first kappa shape index (κ1) is 25.0. The summed E-state index contributed by atoms with van der Waals surface area (Å²) in [6.45, 7) is 3.06. The standard InChI is InChI=1S/C30H34N8O2/c1-3-19-7-9-20(10-8-19)17-38-23-24(32-18(2)21-5-4-6-21)33-26(27-36-29(39)40-37-27)34-25(23)35-28(38)30(13-14-30)22-11-15-31-16-12-22/h1,11-12,15-16,18-21H,4-10,13-14,17H2,2H3,(H,32,33,34)(H,36,37,39)/t18-,19-,20-/m1/s1. The Labute approximate surface area is 232 Å². The van der Waals surface area contributed by atoms with Gasteiger partial charge in [0, 0.05) is 30.9 Å². The SMILES string of the molecule is C#C[C@H]1CC[C@H](Cn2c(C3(c4ccncc4)CC3)nc3nc(-c4noc(=O)[nH]4)nc(N[C@H](C)C4CCC4)c32)CC1. The number of nitrogens with one attached hydrogen (secondary N) is 2. The highest BCUT2D eigenvalue weighted by Gasteiger charge is 2.50. The normalized spacial score (nSPS) is 22.9. The van der Waals surface area contributed by atoms with Crippen molar-refractivity contribution in [1.82, 2.24) is 34.6 Å². The van der Waals surface area contributed by atoms with E-state index in [1.165, 1.54) is 24.8 Å². The van der Waals surface area contributed by atoms with Crippen molar-refractivity contribution in [3.63, 3.8) is 0 Å². The van der Waals surface area contributed by atoms with Crippen LogP contribution in [0.15, 0.2) is 33.8 Å². The Bertz CT molecular complexity index is 1610. The van der Waals surface area contributed by atoms with E-state index >= 15 is 0 Å². The third-order valence-electron chi connectivity index (χ3n) is 9.41. The molecule has 0 radical (unpaired) electrons. The summed E-state index contributed by atoms with van der Waals surface area (Å²) >= 11 is 0. The molecule has 0 aliphatic heterocycles. The summed E-state index contributed by atoms with van der Waals surface area (Å²) in [7, 11) is 0. The van der Waals surface area contributed by atoms with Gasteiger partial charge in [-0.15, -0.1) is 12.3 Å². The Morgan fingerprint density at radius 2 is 1.93 bits per heavy atom. The van der Waals surface area contributed by atoms with Crippen LogP contribution >= 0.6 is 0 Å². The molecule has 0 saturated heterocycles. The van der Waals surface area contributed by atoms with Crippen LogP contribution in [0, 0.1) is 30.1 Å². The van der Waals surface area contributed by atoms with Gasteiger partial charge in [0.1, 0.15) is 11.3 Å². The lowest BCUT2D eigenvalue weighted by Crippen LogP contribution is -2.31. The zero-order valence-corrected chi connectivity index (χ0v) is 22.8. The van der Waals surface area contributed by atoms with Crippen LogP contribution in [-0.4, -0.2) is 40.7 Å². The molecule has 3 aliphatic rings. The summed E-state index contributed by atoms with van der Waals surface area (Å²) in [5.41, 5.74) is 2.56. The molecule has 4 aromatic heterocycles. The number of hydrogen-bond acceptors (Lipinski definition) is 8. The molecule has 0 unspecified atom stereocenters. The fraction of sp³-hybridized carbons (Fsp3) is 0.533. The first-order valence-electron chi connectivity index (χ1n) is 14.5. The number of terminal acetylenes is 1. The van der Waals surface area contributed by atoms with Gasteiger partial charge in [-0.1, -0.05) is 11.6 Å². The summed E-state index contributed by atoms with van der Waals surface area (Å²) in [6, 6.07) is 4.44. The van der Waals surface area contributed by atoms with Crippen molar-refractivity contribution in [1.29, 1.82) is 0 Å². The molecule has 3 saturated carbocycles. The van der Waals surface area contributed by atoms with Crippen molar-refractivity contribution < 1.29 is 4.52 Å². The van der Waals surface area contributed by atoms with Crippen molar-refractivity contribution in [2.24, 2.45) is 17.8 Å². The highest BCUT2D eigenvalue weighted by atomic mass is 16.5. The number of pyridine rings is 1. The van der Waals surface area contributed by atoms with Gasteiger partial charge in [-0.05, 0) is 87.8 Å². The number of H-pyrrole nitrogens is 1. The van der Waals surface area contributed by atoms with Gasteiger partial charge >= 0.3 is 5.76 Å². The summed E-state index contributed by atoms with van der Waals surface area (Å²) in [6.07, 6.45) is 19.5. The second-order valence-electron chi connectivity index (χ2n) is 11.9. The molecule has 0 spiro atoms. The number of anilines is 1. The highest BCUT2D eigenvalue weighted by Crippen LogP contribution is 2.54. The minimum Gasteiger partial charge on any atom is -0.365 e. The molecule has 0 aromatic carbocycles. The zero-order valence-electron chi connectivity index (χ0n) is 22.8. The van der Waals surface area contributed by atoms with Gasteiger partial charge in [-0.25, -0.2) is 19.7 Å². The Balaban J connectivity index is 1.39. The number of fused-ring (bicyclic) bond motifs is 1. The van der Waals surface area contributed by atoms with E-state index in [4.69, 9.17) is 25.9 Å². The summed E-state index contributed by atoms with van der Waals surface area (Å²) in [4.78, 5) is 33.6. The number of imidazole rings is 1. The number of rotatable bonds is 8. The van der Waals surface area contributed by atoms with Crippen LogP contribution in [-0.2, 0) is 12.0 Å². The number of aromatic nitrogens is 7. The van der Waals surface area contributed by atoms with Crippen molar-refractivity contribution in [3.05, 3.63) is 46.5 Å². The Kier molecular flexibility index (Phi) is 6.17. The van der Waals surface area contributed by atoms with E-state index < -0.39 is 5.76 Å². The minimum absolute atomic E-state index is 0.182. The lowest BCUT2D eigenvalue weighted by molar-refractivity contribution is 0.283. The maximum absolute atomic E-state index is 11.8. The monoisotopic (exact) mass is 538 g/mol. The molecule has 2 N–H and O–H groups in total. The predicted octanol–water partition coefficient (Wildman–Crippen LogP) is 4.68. The Morgan fingerprint density at radius 1 is 1.15 bits per heavy atom. The van der Waals surface area contributed by atoms with E-state index in [-0.39, 0.29) is 17.3 Å². The average molecular weight is 539 g/mol. The molecule has 0 bridgehead atoms. The summed E-state index contributed by atoms with van der Waals surface area (Å²) in [5.74, 6) is 6.03. The Hall–Kier alpha value is -4.00. The molecule has 10 nitrogen and oxygen atoms in total. The van der Waals surface area contributed by atoms with E-state index in [0.717, 1.165) is 62.2 Å². The van der Waals surface area contributed by atoms with Gasteiger partial charge in [0.15, 0.2) is 11.5 Å². The van der Waals surface area contributed by atoms with Crippen LogP contribution in [0.5, 0.6) is 0 Å². The maximum atomic E-state index is 11.8. The van der Waals surface area contributed by atoms with Crippen molar-refractivity contribution >= 4 is 17.0 Å². The van der Waals surface area contributed by atoms with Crippen LogP contribution in [0.2, 0.25) is 0 Å². The van der Waals surface area contributed by atoms with Crippen LogP contribution in [0.1, 0.15) is 76.1 Å². The molecule has 10 heteroatoms. The summed E-state index contributed by atoms with van der Waals surface area (Å²) in [5, 5.41) is 7.59. The fourth-order valence-corrected chi connectivity index (χ4v) is 6.59. The highest BCUT2D eigenvalue weighted by molar-refractivity contribution is 5.86. The predicted molar refractivity (Wildman–Crippen MR) is 150 cm³/mol. The molecule has 3 fully saturated rings. The lowest BCUT2D eigenvalue weighted by atomic mass is 9.80. The third kappa shape index (κ3) is 4.37. The molecule has 4 aromatic rings. The molecular weight excluding hydrogens is 504 g/mol. The first-order chi connectivity index (χ1) is 19.5. The third-order valence-corrected chi connectivity index (χ3v) is 9.41. The minimum atomic E-state index is -0.639. The number of aromatic amines is 1. The summed E-state index contributed by atoms with van der Waals surface area (Å²) < 4.78 is 7.16. The second-order valence-corrected chi connectivity index (χ2v) is 11.9. The molecular formula is C30H34N8O2. The zero-order chi connectivity index (χ0) is 27.3. The van der Waals surface area contributed by atoms with Crippen LogP contribution < -0.4 is 11.1 Å². The molecule has 0 amide bonds.